The highest BCUT2D eigenvalue weighted by molar-refractivity contribution is 6.04. The lowest BCUT2D eigenvalue weighted by atomic mass is 9.87. The van der Waals surface area contributed by atoms with Crippen molar-refractivity contribution in [3.8, 4) is 17.2 Å². The van der Waals surface area contributed by atoms with Crippen LogP contribution in [0, 0.1) is 0 Å². The molecule has 0 aliphatic carbocycles. The summed E-state index contributed by atoms with van der Waals surface area (Å²) in [6, 6.07) is 16.3. The third-order valence-corrected chi connectivity index (χ3v) is 4.82. The Hall–Kier alpha value is -3.67. The third-order valence-electron chi connectivity index (χ3n) is 4.82. The highest BCUT2D eigenvalue weighted by Crippen LogP contribution is 2.37. The number of pyridine rings is 1. The van der Waals surface area contributed by atoms with Crippen molar-refractivity contribution in [2.45, 2.75) is 32.6 Å². The molecular formula is C24H22N2O4. The van der Waals surface area contributed by atoms with Gasteiger partial charge in [0.1, 0.15) is 5.75 Å². The van der Waals surface area contributed by atoms with Crippen LogP contribution in [0.15, 0.2) is 60.8 Å². The van der Waals surface area contributed by atoms with Crippen molar-refractivity contribution >= 4 is 17.6 Å². The lowest BCUT2D eigenvalue weighted by molar-refractivity contribution is -0.131. The molecule has 3 aromatic rings. The van der Waals surface area contributed by atoms with Crippen molar-refractivity contribution in [3.63, 3.8) is 0 Å². The number of ether oxygens (including phenoxy) is 2. The smallest absolute Gasteiger partial charge is 0.317 e. The maximum Gasteiger partial charge on any atom is 0.317 e. The van der Waals surface area contributed by atoms with Gasteiger partial charge in [0.05, 0.1) is 12.1 Å². The molecule has 30 heavy (non-hydrogen) atoms. The third kappa shape index (κ3) is 4.17. The van der Waals surface area contributed by atoms with E-state index in [4.69, 9.17) is 9.47 Å². The number of fused-ring (bicyclic) bond motifs is 1. The summed E-state index contributed by atoms with van der Waals surface area (Å²) >= 11 is 0. The molecule has 6 heteroatoms. The van der Waals surface area contributed by atoms with Crippen molar-refractivity contribution in [2.75, 3.05) is 5.32 Å². The topological polar surface area (TPSA) is 77.5 Å². The standard InChI is InChI=1S/C24H22N2O4/c1-24(2,3)16-6-4-15(5-7-16)23(28)26-17-8-10-18(11-9-17)29-20-12-13-25-19-14-21(27)30-22(19)20/h4-13H,14H2,1-3H3,(H,26,28). The number of nitrogens with one attached hydrogen (secondary N) is 1. The first-order chi connectivity index (χ1) is 14.3. The molecule has 0 spiro atoms. The summed E-state index contributed by atoms with van der Waals surface area (Å²) in [7, 11) is 0. The van der Waals surface area contributed by atoms with Gasteiger partial charge in [0.15, 0.2) is 11.5 Å². The second-order valence-electron chi connectivity index (χ2n) is 8.14. The van der Waals surface area contributed by atoms with E-state index in [9.17, 15) is 9.59 Å². The van der Waals surface area contributed by atoms with E-state index < -0.39 is 0 Å². The van der Waals surface area contributed by atoms with Gasteiger partial charge in [-0.2, -0.15) is 0 Å². The van der Waals surface area contributed by atoms with Crippen LogP contribution in [0.2, 0.25) is 0 Å². The van der Waals surface area contributed by atoms with Crippen molar-refractivity contribution in [2.24, 2.45) is 0 Å². The first-order valence-electron chi connectivity index (χ1n) is 9.68. The number of aromatic nitrogens is 1. The number of benzene rings is 2. The zero-order valence-electron chi connectivity index (χ0n) is 17.1. The van der Waals surface area contributed by atoms with Gasteiger partial charge >= 0.3 is 5.97 Å². The normalized spacial score (nSPS) is 12.8. The number of hydrogen-bond donors (Lipinski definition) is 1. The monoisotopic (exact) mass is 402 g/mol. The fourth-order valence-corrected chi connectivity index (χ4v) is 3.13. The molecule has 0 atom stereocenters. The van der Waals surface area contributed by atoms with E-state index in [-0.39, 0.29) is 23.7 Å². The minimum Gasteiger partial charge on any atom is -0.453 e. The van der Waals surface area contributed by atoms with Gasteiger partial charge in [0, 0.05) is 23.5 Å². The maximum absolute atomic E-state index is 12.5. The van der Waals surface area contributed by atoms with Crippen LogP contribution in [0.5, 0.6) is 17.2 Å². The van der Waals surface area contributed by atoms with Crippen molar-refractivity contribution in [1.82, 2.24) is 4.98 Å². The van der Waals surface area contributed by atoms with E-state index in [1.807, 2.05) is 24.3 Å². The van der Waals surface area contributed by atoms with Crippen LogP contribution in [0.25, 0.3) is 0 Å². The van der Waals surface area contributed by atoms with Gasteiger partial charge < -0.3 is 14.8 Å². The molecule has 1 aliphatic heterocycles. The molecule has 2 heterocycles. The number of carbonyl (C=O) groups is 2. The first-order valence-corrected chi connectivity index (χ1v) is 9.68. The van der Waals surface area contributed by atoms with Crippen LogP contribution in [0.1, 0.15) is 42.4 Å². The molecule has 0 saturated carbocycles. The second-order valence-corrected chi connectivity index (χ2v) is 8.14. The number of anilines is 1. The van der Waals surface area contributed by atoms with E-state index in [1.54, 1.807) is 36.5 Å². The molecule has 2 aromatic carbocycles. The number of esters is 1. The lowest BCUT2D eigenvalue weighted by Gasteiger charge is -2.19. The Morgan fingerprint density at radius 2 is 1.73 bits per heavy atom. The summed E-state index contributed by atoms with van der Waals surface area (Å²) in [6.07, 6.45) is 1.73. The fraction of sp³-hybridized carbons (Fsp3) is 0.208. The summed E-state index contributed by atoms with van der Waals surface area (Å²) in [5.41, 5.74) is 3.03. The predicted molar refractivity (Wildman–Crippen MR) is 113 cm³/mol. The van der Waals surface area contributed by atoms with Gasteiger partial charge in [-0.1, -0.05) is 32.9 Å². The number of carbonyl (C=O) groups excluding carboxylic acids is 2. The molecule has 0 bridgehead atoms. The van der Waals surface area contributed by atoms with Crippen molar-refractivity contribution in [3.05, 3.63) is 77.6 Å². The Morgan fingerprint density at radius 1 is 1.03 bits per heavy atom. The van der Waals surface area contributed by atoms with Crippen LogP contribution >= 0.6 is 0 Å². The van der Waals surface area contributed by atoms with E-state index >= 15 is 0 Å². The van der Waals surface area contributed by atoms with Crippen LogP contribution in [0.4, 0.5) is 5.69 Å². The Labute approximate surface area is 174 Å². The highest BCUT2D eigenvalue weighted by atomic mass is 16.6. The second kappa shape index (κ2) is 7.63. The zero-order valence-corrected chi connectivity index (χ0v) is 17.1. The number of nitrogens with zero attached hydrogens (tertiary/aromatic N) is 1. The Kier molecular flexibility index (Phi) is 4.99. The summed E-state index contributed by atoms with van der Waals surface area (Å²) in [6.45, 7) is 6.40. The maximum atomic E-state index is 12.5. The average molecular weight is 402 g/mol. The molecule has 1 N–H and O–H groups in total. The molecule has 152 valence electrons. The fourth-order valence-electron chi connectivity index (χ4n) is 3.13. The minimum atomic E-state index is -0.345. The van der Waals surface area contributed by atoms with Crippen molar-refractivity contribution < 1.29 is 19.1 Å². The predicted octanol–water partition coefficient (Wildman–Crippen LogP) is 4.89. The first kappa shape index (κ1) is 19.6. The Balaban J connectivity index is 1.43. The largest absolute Gasteiger partial charge is 0.453 e. The van der Waals surface area contributed by atoms with E-state index in [0.717, 1.165) is 0 Å². The number of hydrogen-bond acceptors (Lipinski definition) is 5. The molecule has 4 rings (SSSR count). The molecule has 0 unspecified atom stereocenters. The average Bonchev–Trinajstić information content (AvgIpc) is 3.10. The van der Waals surface area contributed by atoms with Gasteiger partial charge in [0.25, 0.3) is 5.91 Å². The summed E-state index contributed by atoms with van der Waals surface area (Å²) in [4.78, 5) is 28.1. The zero-order chi connectivity index (χ0) is 21.3. The Bertz CT molecular complexity index is 1100. The SMILES string of the molecule is CC(C)(C)c1ccc(C(=O)Nc2ccc(Oc3ccnc4c3OC(=O)C4)cc2)cc1. The van der Waals surface area contributed by atoms with E-state index in [2.05, 4.69) is 31.1 Å². The molecule has 1 amide bonds. The molecule has 0 saturated heterocycles. The molecule has 0 radical (unpaired) electrons. The molecule has 6 nitrogen and oxygen atoms in total. The van der Waals surface area contributed by atoms with Gasteiger partial charge in [-0.15, -0.1) is 0 Å². The highest BCUT2D eigenvalue weighted by Gasteiger charge is 2.25. The van der Waals surface area contributed by atoms with Gasteiger partial charge in [-0.25, -0.2) is 0 Å². The molecular weight excluding hydrogens is 380 g/mol. The number of amides is 1. The van der Waals surface area contributed by atoms with Gasteiger partial charge in [0.2, 0.25) is 0 Å². The lowest BCUT2D eigenvalue weighted by Crippen LogP contribution is -2.14. The number of rotatable bonds is 4. The molecule has 1 aromatic heterocycles. The van der Waals surface area contributed by atoms with Crippen molar-refractivity contribution in [1.29, 1.82) is 0 Å². The molecule has 1 aliphatic rings. The van der Waals surface area contributed by atoms with E-state index in [1.165, 1.54) is 5.56 Å². The molecule has 0 fully saturated rings. The Morgan fingerprint density at radius 3 is 2.40 bits per heavy atom. The minimum absolute atomic E-state index is 0.0398. The summed E-state index contributed by atoms with van der Waals surface area (Å²) in [5.74, 6) is 0.823. The quantitative estimate of drug-likeness (QED) is 0.629. The van der Waals surface area contributed by atoms with Crippen LogP contribution in [-0.2, 0) is 16.6 Å². The summed E-state index contributed by atoms with van der Waals surface area (Å²) in [5, 5.41) is 2.88. The van der Waals surface area contributed by atoms with Crippen LogP contribution in [0.3, 0.4) is 0 Å². The van der Waals surface area contributed by atoms with Gasteiger partial charge in [-0.05, 0) is 47.4 Å². The van der Waals surface area contributed by atoms with Crippen LogP contribution < -0.4 is 14.8 Å². The van der Waals surface area contributed by atoms with Gasteiger partial charge in [-0.3, -0.25) is 14.6 Å². The summed E-state index contributed by atoms with van der Waals surface area (Å²) < 4.78 is 11.0. The van der Waals surface area contributed by atoms with Crippen LogP contribution in [-0.4, -0.2) is 16.9 Å². The van der Waals surface area contributed by atoms with E-state index in [0.29, 0.717) is 34.2 Å².